The van der Waals surface area contributed by atoms with Crippen molar-refractivity contribution in [3.05, 3.63) is 54.0 Å². The number of pyridine rings is 1. The molecule has 0 radical (unpaired) electrons. The molecule has 0 atom stereocenters. The molecule has 27 heavy (non-hydrogen) atoms. The number of aromatic nitrogens is 1. The quantitative estimate of drug-likeness (QED) is 0.647. The third-order valence-electron chi connectivity index (χ3n) is 4.51. The molecule has 2 aromatic rings. The number of ether oxygens (including phenoxy) is 1. The van der Waals surface area contributed by atoms with E-state index in [-0.39, 0.29) is 11.6 Å². The van der Waals surface area contributed by atoms with E-state index in [9.17, 15) is 4.39 Å². The number of nitrogens with zero attached hydrogens (tertiary/aromatic N) is 4. The zero-order valence-electron chi connectivity index (χ0n) is 15.9. The summed E-state index contributed by atoms with van der Waals surface area (Å²) in [7, 11) is 1.77. The Balaban J connectivity index is 1.53. The second kappa shape index (κ2) is 9.21. The summed E-state index contributed by atoms with van der Waals surface area (Å²) in [6, 6.07) is 11.0. The van der Waals surface area contributed by atoms with Gasteiger partial charge in [-0.3, -0.25) is 4.99 Å². The number of hydrogen-bond donors (Lipinski definition) is 1. The van der Waals surface area contributed by atoms with Crippen molar-refractivity contribution in [3.8, 4) is 5.75 Å². The molecular weight excluding hydrogens is 345 g/mol. The van der Waals surface area contributed by atoms with Gasteiger partial charge in [-0.15, -0.1) is 0 Å². The highest BCUT2D eigenvalue weighted by atomic mass is 19.1. The first-order chi connectivity index (χ1) is 13.2. The molecule has 1 N–H and O–H groups in total. The molecule has 1 aromatic carbocycles. The Hall–Kier alpha value is -2.83. The summed E-state index contributed by atoms with van der Waals surface area (Å²) in [6.45, 7) is 6.28. The highest BCUT2D eigenvalue weighted by Crippen LogP contribution is 2.18. The van der Waals surface area contributed by atoms with Gasteiger partial charge in [-0.25, -0.2) is 9.37 Å². The highest BCUT2D eigenvalue weighted by Gasteiger charge is 2.20. The Kier molecular flexibility index (Phi) is 6.46. The monoisotopic (exact) mass is 371 g/mol. The predicted molar refractivity (Wildman–Crippen MR) is 106 cm³/mol. The Bertz CT molecular complexity index is 760. The van der Waals surface area contributed by atoms with E-state index in [0.29, 0.717) is 13.2 Å². The van der Waals surface area contributed by atoms with Crippen molar-refractivity contribution >= 4 is 11.8 Å². The number of aliphatic imine (C=N–C) groups is 1. The fraction of sp³-hybridized carbons (Fsp3) is 0.400. The third-order valence-corrected chi connectivity index (χ3v) is 4.51. The van der Waals surface area contributed by atoms with Crippen molar-refractivity contribution in [1.82, 2.24) is 15.2 Å². The number of nitrogens with one attached hydrogen (secondary N) is 1. The molecule has 0 aliphatic carbocycles. The van der Waals surface area contributed by atoms with Crippen LogP contribution in [0.1, 0.15) is 12.5 Å². The fourth-order valence-corrected chi connectivity index (χ4v) is 3.13. The van der Waals surface area contributed by atoms with Crippen LogP contribution < -0.4 is 15.0 Å². The third kappa shape index (κ3) is 4.87. The Labute approximate surface area is 159 Å². The van der Waals surface area contributed by atoms with Crippen LogP contribution in [0.15, 0.2) is 47.6 Å². The molecule has 1 fully saturated rings. The van der Waals surface area contributed by atoms with E-state index in [2.05, 4.69) is 25.1 Å². The van der Waals surface area contributed by atoms with Gasteiger partial charge in [0.05, 0.1) is 6.61 Å². The predicted octanol–water partition coefficient (Wildman–Crippen LogP) is 2.52. The van der Waals surface area contributed by atoms with Gasteiger partial charge in [0.15, 0.2) is 17.5 Å². The average Bonchev–Trinajstić information content (AvgIpc) is 2.71. The number of benzene rings is 1. The van der Waals surface area contributed by atoms with Crippen LogP contribution >= 0.6 is 0 Å². The summed E-state index contributed by atoms with van der Waals surface area (Å²) >= 11 is 0. The van der Waals surface area contributed by atoms with Gasteiger partial charge >= 0.3 is 0 Å². The van der Waals surface area contributed by atoms with Crippen LogP contribution in [0, 0.1) is 5.82 Å². The second-order valence-corrected chi connectivity index (χ2v) is 6.26. The van der Waals surface area contributed by atoms with Crippen LogP contribution in [0.4, 0.5) is 10.2 Å². The molecular formula is C20H26FN5O. The number of guanidine groups is 1. The molecule has 6 nitrogen and oxygen atoms in total. The normalized spacial score (nSPS) is 15.0. The largest absolute Gasteiger partial charge is 0.491 e. The van der Waals surface area contributed by atoms with Crippen LogP contribution in [-0.4, -0.2) is 55.7 Å². The second-order valence-electron chi connectivity index (χ2n) is 6.26. The van der Waals surface area contributed by atoms with Gasteiger partial charge in [-0.05, 0) is 36.8 Å². The minimum absolute atomic E-state index is 0.288. The van der Waals surface area contributed by atoms with Gasteiger partial charge in [0.1, 0.15) is 5.82 Å². The molecule has 144 valence electrons. The fourth-order valence-electron chi connectivity index (χ4n) is 3.13. The molecule has 0 amide bonds. The maximum atomic E-state index is 14.0. The highest BCUT2D eigenvalue weighted by molar-refractivity contribution is 5.80. The molecule has 2 heterocycles. The molecule has 0 spiro atoms. The van der Waals surface area contributed by atoms with E-state index >= 15 is 0 Å². The summed E-state index contributed by atoms with van der Waals surface area (Å²) in [4.78, 5) is 13.3. The standard InChI is InChI=1S/C20H26FN5O/c1-3-27-18-8-7-16(14-17(18)21)15-24-20(22-2)26-12-10-25(11-13-26)19-6-4-5-9-23-19/h4-9,14H,3,10-13,15H2,1-2H3,(H,22,24). The molecule has 0 bridgehead atoms. The minimum Gasteiger partial charge on any atom is -0.491 e. The van der Waals surface area contributed by atoms with Crippen molar-refractivity contribution in [3.63, 3.8) is 0 Å². The van der Waals surface area contributed by atoms with Gasteiger partial charge in [0.2, 0.25) is 0 Å². The van der Waals surface area contributed by atoms with Gasteiger partial charge < -0.3 is 19.9 Å². The molecule has 7 heteroatoms. The van der Waals surface area contributed by atoms with Gasteiger partial charge in [0, 0.05) is 46.0 Å². The van der Waals surface area contributed by atoms with Crippen molar-refractivity contribution in [2.45, 2.75) is 13.5 Å². The molecule has 1 aliphatic rings. The van der Waals surface area contributed by atoms with Crippen LogP contribution in [0.25, 0.3) is 0 Å². The number of anilines is 1. The first kappa shape index (κ1) is 18.9. The van der Waals surface area contributed by atoms with Crippen LogP contribution in [-0.2, 0) is 6.54 Å². The van der Waals surface area contributed by atoms with E-state index in [1.165, 1.54) is 6.07 Å². The van der Waals surface area contributed by atoms with Crippen molar-refractivity contribution in [1.29, 1.82) is 0 Å². The molecule has 3 rings (SSSR count). The van der Waals surface area contributed by atoms with E-state index in [0.717, 1.165) is 43.5 Å². The topological polar surface area (TPSA) is 53.0 Å². The summed E-state index contributed by atoms with van der Waals surface area (Å²) in [5, 5.41) is 3.32. The summed E-state index contributed by atoms with van der Waals surface area (Å²) in [5.74, 6) is 1.78. The maximum absolute atomic E-state index is 14.0. The summed E-state index contributed by atoms with van der Waals surface area (Å²) in [5.41, 5.74) is 0.851. The molecule has 1 saturated heterocycles. The number of rotatable bonds is 5. The van der Waals surface area contributed by atoms with Gasteiger partial charge in [-0.1, -0.05) is 12.1 Å². The Morgan fingerprint density at radius 1 is 1.22 bits per heavy atom. The Morgan fingerprint density at radius 2 is 2.04 bits per heavy atom. The van der Waals surface area contributed by atoms with Crippen molar-refractivity contribution in [2.75, 3.05) is 44.7 Å². The summed E-state index contributed by atoms with van der Waals surface area (Å²) < 4.78 is 19.2. The van der Waals surface area contributed by atoms with Crippen LogP contribution in [0.3, 0.4) is 0 Å². The lowest BCUT2D eigenvalue weighted by atomic mass is 10.2. The lowest BCUT2D eigenvalue weighted by Gasteiger charge is -2.37. The van der Waals surface area contributed by atoms with Crippen LogP contribution in [0.5, 0.6) is 5.75 Å². The smallest absolute Gasteiger partial charge is 0.194 e. The van der Waals surface area contributed by atoms with Gasteiger partial charge in [-0.2, -0.15) is 0 Å². The van der Waals surface area contributed by atoms with Crippen molar-refractivity contribution in [2.24, 2.45) is 4.99 Å². The van der Waals surface area contributed by atoms with Crippen molar-refractivity contribution < 1.29 is 9.13 Å². The lowest BCUT2D eigenvalue weighted by Crippen LogP contribution is -2.52. The SMILES string of the molecule is CCOc1ccc(CNC(=NC)N2CCN(c3ccccn3)CC2)cc1F. The zero-order chi connectivity index (χ0) is 19.1. The van der Waals surface area contributed by atoms with E-state index in [1.54, 1.807) is 13.1 Å². The first-order valence-corrected chi connectivity index (χ1v) is 9.24. The van der Waals surface area contributed by atoms with E-state index in [1.807, 2.05) is 37.4 Å². The molecule has 0 saturated carbocycles. The maximum Gasteiger partial charge on any atom is 0.194 e. The number of piperazine rings is 1. The van der Waals surface area contributed by atoms with E-state index < -0.39 is 0 Å². The van der Waals surface area contributed by atoms with E-state index in [4.69, 9.17) is 4.74 Å². The first-order valence-electron chi connectivity index (χ1n) is 9.24. The number of hydrogen-bond acceptors (Lipinski definition) is 4. The summed E-state index contributed by atoms with van der Waals surface area (Å²) in [6.07, 6.45) is 1.82. The average molecular weight is 371 g/mol. The number of halogens is 1. The molecule has 1 aromatic heterocycles. The molecule has 1 aliphatic heterocycles. The molecule has 0 unspecified atom stereocenters. The zero-order valence-corrected chi connectivity index (χ0v) is 15.9. The lowest BCUT2D eigenvalue weighted by molar-refractivity contribution is 0.321. The minimum atomic E-state index is -0.338. The van der Waals surface area contributed by atoms with Crippen LogP contribution in [0.2, 0.25) is 0 Å². The Morgan fingerprint density at radius 3 is 2.67 bits per heavy atom. The van der Waals surface area contributed by atoms with Gasteiger partial charge in [0.25, 0.3) is 0 Å².